The standard InChI is InChI=1S/C24H35N3O2/c1-4-17(15-28)25-23(29)16(3)24(5-2)12-8-13-27-14-11-19-18-9-6-7-10-20(18)26-21(19)22(24)27/h6-7,9-10,16-17,22,26,28H,4-5,8,11-15H2,1-3H3,(H,25,29)/t16?,17-,22+,24-/m0/s1. The van der Waals surface area contributed by atoms with E-state index in [2.05, 4.69) is 53.3 Å². The summed E-state index contributed by atoms with van der Waals surface area (Å²) in [6.45, 7) is 8.50. The predicted molar refractivity (Wildman–Crippen MR) is 117 cm³/mol. The van der Waals surface area contributed by atoms with Gasteiger partial charge in [-0.05, 0) is 50.3 Å². The number of hydrogen-bond acceptors (Lipinski definition) is 3. The Morgan fingerprint density at radius 1 is 1.34 bits per heavy atom. The van der Waals surface area contributed by atoms with Crippen LogP contribution in [0.4, 0.5) is 0 Å². The van der Waals surface area contributed by atoms with Crippen molar-refractivity contribution in [3.8, 4) is 0 Å². The van der Waals surface area contributed by atoms with E-state index in [0.29, 0.717) is 0 Å². The predicted octanol–water partition coefficient (Wildman–Crippen LogP) is 3.78. The molecule has 3 N–H and O–H groups in total. The van der Waals surface area contributed by atoms with Crippen LogP contribution in [-0.4, -0.2) is 46.6 Å². The molecule has 4 rings (SSSR count). The average Bonchev–Trinajstić information content (AvgIpc) is 3.15. The summed E-state index contributed by atoms with van der Waals surface area (Å²) >= 11 is 0. The number of fused-ring (bicyclic) bond motifs is 5. The molecule has 5 nitrogen and oxygen atoms in total. The van der Waals surface area contributed by atoms with Crippen LogP contribution in [0.3, 0.4) is 0 Å². The Morgan fingerprint density at radius 2 is 2.14 bits per heavy atom. The van der Waals surface area contributed by atoms with E-state index in [0.717, 1.165) is 45.2 Å². The summed E-state index contributed by atoms with van der Waals surface area (Å²) in [7, 11) is 0. The Labute approximate surface area is 173 Å². The second-order valence-electron chi connectivity index (χ2n) is 8.96. The zero-order valence-electron chi connectivity index (χ0n) is 18.0. The van der Waals surface area contributed by atoms with E-state index in [4.69, 9.17) is 0 Å². The van der Waals surface area contributed by atoms with Gasteiger partial charge in [-0.1, -0.05) is 39.0 Å². The highest BCUT2D eigenvalue weighted by molar-refractivity contribution is 5.85. The number of carbonyl (C=O) groups excluding carboxylic acids is 1. The molecule has 0 aliphatic carbocycles. The minimum absolute atomic E-state index is 0.00416. The lowest BCUT2D eigenvalue weighted by molar-refractivity contribution is -0.135. The highest BCUT2D eigenvalue weighted by Gasteiger charge is 2.52. The van der Waals surface area contributed by atoms with Crippen LogP contribution < -0.4 is 5.32 Å². The molecule has 4 atom stereocenters. The number of nitrogens with zero attached hydrogens (tertiary/aromatic N) is 1. The van der Waals surface area contributed by atoms with Crippen molar-refractivity contribution >= 4 is 16.8 Å². The number of H-pyrrole nitrogens is 1. The Balaban J connectivity index is 1.75. The molecule has 158 valence electrons. The van der Waals surface area contributed by atoms with E-state index in [1.807, 2.05) is 6.92 Å². The fourth-order valence-corrected chi connectivity index (χ4v) is 5.92. The number of aromatic nitrogens is 1. The number of hydrogen-bond donors (Lipinski definition) is 3. The summed E-state index contributed by atoms with van der Waals surface area (Å²) in [6, 6.07) is 8.68. The maximum Gasteiger partial charge on any atom is 0.223 e. The summed E-state index contributed by atoms with van der Waals surface area (Å²) in [5, 5.41) is 14.0. The molecule has 0 bridgehead atoms. The van der Waals surface area contributed by atoms with Gasteiger partial charge >= 0.3 is 0 Å². The van der Waals surface area contributed by atoms with Gasteiger partial charge in [-0.2, -0.15) is 0 Å². The summed E-state index contributed by atoms with van der Waals surface area (Å²) in [4.78, 5) is 19.6. The molecule has 2 aliphatic heterocycles. The highest BCUT2D eigenvalue weighted by Crippen LogP contribution is 2.55. The number of aliphatic hydroxyl groups excluding tert-OH is 1. The quantitative estimate of drug-likeness (QED) is 0.695. The SMILES string of the molecule is CC[C@@H](CO)NC(=O)C(C)[C@]1(CC)CCCN2CCc3c([nH]c4ccccc34)[C@@H]21. The normalized spacial score (nSPS) is 26.6. The average molecular weight is 398 g/mol. The molecule has 0 radical (unpaired) electrons. The van der Waals surface area contributed by atoms with Crippen molar-refractivity contribution < 1.29 is 9.90 Å². The molecule has 1 fully saturated rings. The van der Waals surface area contributed by atoms with Gasteiger partial charge in [-0.3, -0.25) is 9.69 Å². The molecule has 5 heteroatoms. The fourth-order valence-electron chi connectivity index (χ4n) is 5.92. The van der Waals surface area contributed by atoms with Crippen LogP contribution in [0.1, 0.15) is 63.8 Å². The van der Waals surface area contributed by atoms with Crippen molar-refractivity contribution in [2.75, 3.05) is 19.7 Å². The van der Waals surface area contributed by atoms with E-state index in [1.165, 1.54) is 22.2 Å². The first-order chi connectivity index (χ1) is 14.1. The molecule has 29 heavy (non-hydrogen) atoms. The number of rotatable bonds is 6. The van der Waals surface area contributed by atoms with Gasteiger partial charge in [0.2, 0.25) is 5.91 Å². The summed E-state index contributed by atoms with van der Waals surface area (Å²) in [6.07, 6.45) is 4.97. The molecule has 1 amide bonds. The van der Waals surface area contributed by atoms with Gasteiger partial charge in [-0.15, -0.1) is 0 Å². The van der Waals surface area contributed by atoms with Crippen molar-refractivity contribution in [2.24, 2.45) is 11.3 Å². The lowest BCUT2D eigenvalue weighted by atomic mass is 9.61. The van der Waals surface area contributed by atoms with Crippen LogP contribution in [-0.2, 0) is 11.2 Å². The van der Waals surface area contributed by atoms with Crippen LogP contribution in [0.15, 0.2) is 24.3 Å². The lowest BCUT2D eigenvalue weighted by Crippen LogP contribution is -2.55. The molecular formula is C24H35N3O2. The first-order valence-corrected chi connectivity index (χ1v) is 11.3. The van der Waals surface area contributed by atoms with Gasteiger partial charge in [0.05, 0.1) is 18.7 Å². The largest absolute Gasteiger partial charge is 0.394 e. The zero-order chi connectivity index (χ0) is 20.6. The maximum absolute atomic E-state index is 13.2. The van der Waals surface area contributed by atoms with E-state index in [-0.39, 0.29) is 35.9 Å². The van der Waals surface area contributed by atoms with Gasteiger partial charge in [0.15, 0.2) is 0 Å². The number of para-hydroxylation sites is 1. The third kappa shape index (κ3) is 3.28. The molecule has 1 aromatic carbocycles. The van der Waals surface area contributed by atoms with Crippen molar-refractivity contribution in [2.45, 2.75) is 65.0 Å². The number of aromatic amines is 1. The minimum Gasteiger partial charge on any atom is -0.394 e. The van der Waals surface area contributed by atoms with Crippen LogP contribution in [0.2, 0.25) is 0 Å². The van der Waals surface area contributed by atoms with E-state index in [1.54, 1.807) is 0 Å². The summed E-state index contributed by atoms with van der Waals surface area (Å²) in [5.41, 5.74) is 3.87. The van der Waals surface area contributed by atoms with E-state index in [9.17, 15) is 9.90 Å². The second-order valence-corrected chi connectivity index (χ2v) is 8.96. The number of nitrogens with one attached hydrogen (secondary N) is 2. The Kier molecular flexibility index (Phi) is 5.71. The second kappa shape index (κ2) is 8.11. The Bertz CT molecular complexity index is 872. The first kappa shape index (κ1) is 20.4. The molecule has 1 unspecified atom stereocenters. The van der Waals surface area contributed by atoms with Crippen molar-refractivity contribution in [1.82, 2.24) is 15.2 Å². The van der Waals surface area contributed by atoms with Crippen LogP contribution >= 0.6 is 0 Å². The monoisotopic (exact) mass is 397 g/mol. The smallest absolute Gasteiger partial charge is 0.223 e. The third-order valence-corrected chi connectivity index (χ3v) is 7.74. The molecule has 2 aromatic rings. The summed E-state index contributed by atoms with van der Waals surface area (Å²) in [5.74, 6) is -0.0314. The molecule has 1 saturated heterocycles. The molecule has 0 saturated carbocycles. The van der Waals surface area contributed by atoms with Crippen molar-refractivity contribution in [1.29, 1.82) is 0 Å². The van der Waals surface area contributed by atoms with Gasteiger partial charge in [0.25, 0.3) is 0 Å². The van der Waals surface area contributed by atoms with Crippen LogP contribution in [0, 0.1) is 11.3 Å². The van der Waals surface area contributed by atoms with Gasteiger partial charge in [0, 0.05) is 34.5 Å². The number of piperidine rings is 1. The molecule has 0 spiro atoms. The van der Waals surface area contributed by atoms with Gasteiger partial charge < -0.3 is 15.4 Å². The number of benzene rings is 1. The van der Waals surface area contributed by atoms with Gasteiger partial charge in [0.1, 0.15) is 0 Å². The highest BCUT2D eigenvalue weighted by atomic mass is 16.3. The molecular weight excluding hydrogens is 362 g/mol. The van der Waals surface area contributed by atoms with Crippen molar-refractivity contribution in [3.63, 3.8) is 0 Å². The van der Waals surface area contributed by atoms with E-state index >= 15 is 0 Å². The third-order valence-electron chi connectivity index (χ3n) is 7.74. The van der Waals surface area contributed by atoms with Crippen LogP contribution in [0.25, 0.3) is 10.9 Å². The van der Waals surface area contributed by atoms with Crippen LogP contribution in [0.5, 0.6) is 0 Å². The van der Waals surface area contributed by atoms with Crippen molar-refractivity contribution in [3.05, 3.63) is 35.5 Å². The minimum atomic E-state index is -0.159. The number of carbonyl (C=O) groups is 1. The lowest BCUT2D eigenvalue weighted by Gasteiger charge is -2.54. The maximum atomic E-state index is 13.2. The number of aliphatic hydroxyl groups is 1. The molecule has 2 aliphatic rings. The molecule has 3 heterocycles. The Morgan fingerprint density at radius 3 is 2.86 bits per heavy atom. The van der Waals surface area contributed by atoms with E-state index < -0.39 is 0 Å². The first-order valence-electron chi connectivity index (χ1n) is 11.3. The Hall–Kier alpha value is -1.85. The van der Waals surface area contributed by atoms with Gasteiger partial charge in [-0.25, -0.2) is 0 Å². The zero-order valence-corrected chi connectivity index (χ0v) is 18.0. The molecule has 1 aromatic heterocycles. The number of amides is 1. The topological polar surface area (TPSA) is 68.4 Å². The fraction of sp³-hybridized carbons (Fsp3) is 0.625. The summed E-state index contributed by atoms with van der Waals surface area (Å²) < 4.78 is 0.